The molecule has 0 saturated heterocycles. The third-order valence-electron chi connectivity index (χ3n) is 6.82. The van der Waals surface area contributed by atoms with Gasteiger partial charge in [-0.1, -0.05) is 37.6 Å². The molecule has 4 aromatic rings. The zero-order valence-electron chi connectivity index (χ0n) is 21.3. The van der Waals surface area contributed by atoms with Crippen molar-refractivity contribution >= 4 is 40.8 Å². The minimum atomic E-state index is -1.33. The fourth-order valence-corrected chi connectivity index (χ4v) is 5.13. The van der Waals surface area contributed by atoms with E-state index in [9.17, 15) is 9.82 Å². The maximum atomic E-state index is 15.5. The minimum absolute atomic E-state index is 0.0445. The molecule has 1 unspecified atom stereocenters. The van der Waals surface area contributed by atoms with Crippen molar-refractivity contribution in [3.8, 4) is 11.3 Å². The van der Waals surface area contributed by atoms with Gasteiger partial charge in [-0.05, 0) is 56.2 Å². The predicted octanol–water partition coefficient (Wildman–Crippen LogP) is 5.78. The van der Waals surface area contributed by atoms with Crippen LogP contribution < -0.4 is 16.2 Å². The summed E-state index contributed by atoms with van der Waals surface area (Å²) >= 11 is 6.21. The van der Waals surface area contributed by atoms with Gasteiger partial charge in [0.2, 0.25) is 0 Å². The molecule has 190 valence electrons. The van der Waals surface area contributed by atoms with E-state index in [1.54, 1.807) is 31.2 Å². The van der Waals surface area contributed by atoms with E-state index in [0.717, 1.165) is 11.1 Å². The van der Waals surface area contributed by atoms with E-state index in [4.69, 9.17) is 20.7 Å². The van der Waals surface area contributed by atoms with Crippen molar-refractivity contribution in [2.24, 2.45) is 0 Å². The number of benzene rings is 2. The highest BCUT2D eigenvalue weighted by Crippen LogP contribution is 2.35. The van der Waals surface area contributed by atoms with Crippen LogP contribution in [0, 0.1) is 19.7 Å². The molecular formula is C28H27BClFN2O4. The number of nitrogens with zero attached hydrogens (tertiary/aromatic N) is 1. The van der Waals surface area contributed by atoms with Crippen LogP contribution in [0.3, 0.4) is 0 Å². The normalized spacial score (nSPS) is 13.9. The van der Waals surface area contributed by atoms with Gasteiger partial charge in [0.05, 0.1) is 29.4 Å². The standard InChI is InChI=1S/C28H27BClFN2O4/c1-13(2)27-15(4)26(34)20-11-14(3)10-19(28(20)37-27)16(5)32-21-8-9-22(30)33-25(21)18-7-6-17-12-36-29(35)23(17)24(18)31/h6-11,13,16,32,35H,12H2,1-5H3. The van der Waals surface area contributed by atoms with Crippen molar-refractivity contribution < 1.29 is 18.5 Å². The van der Waals surface area contributed by atoms with Gasteiger partial charge in [0.1, 0.15) is 22.3 Å². The lowest BCUT2D eigenvalue weighted by Gasteiger charge is -2.21. The molecule has 1 aliphatic heterocycles. The first-order chi connectivity index (χ1) is 17.6. The van der Waals surface area contributed by atoms with Gasteiger partial charge in [0, 0.05) is 28.1 Å². The van der Waals surface area contributed by atoms with E-state index in [0.29, 0.717) is 39.2 Å². The molecule has 5 rings (SSSR count). The molecule has 6 nitrogen and oxygen atoms in total. The van der Waals surface area contributed by atoms with Gasteiger partial charge < -0.3 is 19.4 Å². The zero-order chi connectivity index (χ0) is 26.6. The van der Waals surface area contributed by atoms with E-state index >= 15 is 4.39 Å². The number of hydrogen-bond donors (Lipinski definition) is 2. The first kappa shape index (κ1) is 25.5. The predicted molar refractivity (Wildman–Crippen MR) is 145 cm³/mol. The second kappa shape index (κ2) is 9.60. The highest BCUT2D eigenvalue weighted by molar-refractivity contribution is 6.61. The number of nitrogens with one attached hydrogen (secondary N) is 1. The number of fused-ring (bicyclic) bond motifs is 2. The molecule has 2 aromatic carbocycles. The Bertz CT molecular complexity index is 1600. The Labute approximate surface area is 219 Å². The summed E-state index contributed by atoms with van der Waals surface area (Å²) in [5.74, 6) is 0.102. The van der Waals surface area contributed by atoms with Crippen molar-refractivity contribution in [1.82, 2.24) is 4.98 Å². The third-order valence-corrected chi connectivity index (χ3v) is 7.03. The van der Waals surface area contributed by atoms with Crippen molar-refractivity contribution in [3.63, 3.8) is 0 Å². The van der Waals surface area contributed by atoms with Crippen LogP contribution in [0.5, 0.6) is 0 Å². The van der Waals surface area contributed by atoms with E-state index in [1.807, 2.05) is 39.8 Å². The summed E-state index contributed by atoms with van der Waals surface area (Å²) in [7, 11) is -1.33. The molecule has 1 atom stereocenters. The number of aryl methyl sites for hydroxylation is 1. The molecule has 37 heavy (non-hydrogen) atoms. The van der Waals surface area contributed by atoms with Crippen molar-refractivity contribution in [2.45, 2.75) is 53.2 Å². The molecule has 0 fully saturated rings. The lowest BCUT2D eigenvalue weighted by atomic mass is 9.77. The number of anilines is 1. The lowest BCUT2D eigenvalue weighted by molar-refractivity contribution is 0.275. The quantitative estimate of drug-likeness (QED) is 0.256. The van der Waals surface area contributed by atoms with E-state index in [2.05, 4.69) is 10.3 Å². The topological polar surface area (TPSA) is 84.6 Å². The monoisotopic (exact) mass is 520 g/mol. The van der Waals surface area contributed by atoms with Gasteiger partial charge in [-0.2, -0.15) is 0 Å². The van der Waals surface area contributed by atoms with Gasteiger partial charge >= 0.3 is 7.12 Å². The largest absolute Gasteiger partial charge is 0.494 e. The summed E-state index contributed by atoms with van der Waals surface area (Å²) in [4.78, 5) is 17.6. The average molecular weight is 521 g/mol. The summed E-state index contributed by atoms with van der Waals surface area (Å²) in [5.41, 5.74) is 4.56. The van der Waals surface area contributed by atoms with Crippen LogP contribution in [0.4, 0.5) is 10.1 Å². The smallest absolute Gasteiger partial charge is 0.460 e. The third kappa shape index (κ3) is 4.43. The molecule has 9 heteroatoms. The van der Waals surface area contributed by atoms with Crippen LogP contribution >= 0.6 is 11.6 Å². The van der Waals surface area contributed by atoms with Crippen LogP contribution in [0.15, 0.2) is 45.6 Å². The molecule has 0 saturated carbocycles. The first-order valence-corrected chi connectivity index (χ1v) is 12.6. The van der Waals surface area contributed by atoms with E-state index in [1.165, 1.54) is 0 Å². The van der Waals surface area contributed by atoms with Crippen molar-refractivity contribution in [3.05, 3.63) is 85.6 Å². The Kier molecular flexibility index (Phi) is 6.60. The minimum Gasteiger partial charge on any atom is -0.460 e. The summed E-state index contributed by atoms with van der Waals surface area (Å²) in [6.45, 7) is 9.80. The van der Waals surface area contributed by atoms with Gasteiger partial charge in [0.15, 0.2) is 5.43 Å². The fourth-order valence-electron chi connectivity index (χ4n) is 4.99. The molecule has 2 N–H and O–H groups in total. The Morgan fingerprint density at radius 2 is 1.92 bits per heavy atom. The SMILES string of the molecule is Cc1cc(C(C)Nc2ccc(Cl)nc2-c2ccc3c(c2F)B(O)OC3)c2oc(C(C)C)c(C)c(=O)c2c1. The maximum Gasteiger partial charge on any atom is 0.494 e. The fraction of sp³-hybridized carbons (Fsp3) is 0.286. The molecule has 0 bridgehead atoms. The maximum absolute atomic E-state index is 15.5. The zero-order valence-corrected chi connectivity index (χ0v) is 22.0. The summed E-state index contributed by atoms with van der Waals surface area (Å²) in [5, 5.41) is 14.3. The molecule has 2 aromatic heterocycles. The molecule has 0 spiro atoms. The van der Waals surface area contributed by atoms with E-state index < -0.39 is 12.9 Å². The van der Waals surface area contributed by atoms with Crippen molar-refractivity contribution in [1.29, 1.82) is 0 Å². The van der Waals surface area contributed by atoms with E-state index in [-0.39, 0.29) is 40.2 Å². The van der Waals surface area contributed by atoms with Crippen LogP contribution in [0.25, 0.3) is 22.2 Å². The molecule has 1 aliphatic rings. The highest BCUT2D eigenvalue weighted by Gasteiger charge is 2.33. The van der Waals surface area contributed by atoms with Crippen molar-refractivity contribution in [2.75, 3.05) is 5.32 Å². The van der Waals surface area contributed by atoms with Gasteiger partial charge in [0.25, 0.3) is 0 Å². The number of pyridine rings is 1. The van der Waals surface area contributed by atoms with Crippen LogP contribution in [-0.4, -0.2) is 17.1 Å². The van der Waals surface area contributed by atoms with Crippen LogP contribution in [0.1, 0.15) is 60.7 Å². The molecular weight excluding hydrogens is 494 g/mol. The number of hydrogen-bond acceptors (Lipinski definition) is 6. The Balaban J connectivity index is 1.62. The summed E-state index contributed by atoms with van der Waals surface area (Å²) in [6, 6.07) is 10.2. The Morgan fingerprint density at radius 1 is 1.16 bits per heavy atom. The van der Waals surface area contributed by atoms with Gasteiger partial charge in [-0.3, -0.25) is 4.79 Å². The van der Waals surface area contributed by atoms with Crippen LogP contribution in [0.2, 0.25) is 5.15 Å². The molecule has 3 heterocycles. The number of halogens is 2. The average Bonchev–Trinajstić information content (AvgIpc) is 3.23. The van der Waals surface area contributed by atoms with Gasteiger partial charge in [-0.15, -0.1) is 0 Å². The first-order valence-electron chi connectivity index (χ1n) is 12.2. The molecule has 0 amide bonds. The number of rotatable bonds is 5. The molecule has 0 aliphatic carbocycles. The summed E-state index contributed by atoms with van der Waals surface area (Å²) < 4.78 is 27.0. The number of aromatic nitrogens is 1. The molecule has 0 radical (unpaired) electrons. The van der Waals surface area contributed by atoms with Crippen LogP contribution in [-0.2, 0) is 11.3 Å². The Morgan fingerprint density at radius 3 is 2.65 bits per heavy atom. The second-order valence-electron chi connectivity index (χ2n) is 9.87. The summed E-state index contributed by atoms with van der Waals surface area (Å²) in [6.07, 6.45) is 0. The Hall–Kier alpha value is -3.20. The lowest BCUT2D eigenvalue weighted by Crippen LogP contribution is -2.31. The van der Waals surface area contributed by atoms with Gasteiger partial charge in [-0.25, -0.2) is 9.37 Å². The second-order valence-corrected chi connectivity index (χ2v) is 10.3. The highest BCUT2D eigenvalue weighted by atomic mass is 35.5.